The van der Waals surface area contributed by atoms with Crippen LogP contribution in [0.1, 0.15) is 51.0 Å². The van der Waals surface area contributed by atoms with Gasteiger partial charge in [0.05, 0.1) is 5.75 Å². The van der Waals surface area contributed by atoms with Crippen LogP contribution in [0.25, 0.3) is 10.3 Å². The fourth-order valence-corrected chi connectivity index (χ4v) is 5.15. The van der Waals surface area contributed by atoms with Crippen LogP contribution in [0, 0.1) is 0 Å². The van der Waals surface area contributed by atoms with Crippen LogP contribution in [-0.2, 0) is 4.79 Å². The van der Waals surface area contributed by atoms with E-state index in [1.54, 1.807) is 28.8 Å². The van der Waals surface area contributed by atoms with Gasteiger partial charge in [0.1, 0.15) is 4.70 Å². The summed E-state index contributed by atoms with van der Waals surface area (Å²) < 4.78 is 2.14. The summed E-state index contributed by atoms with van der Waals surface area (Å²) in [5.74, 6) is -0.165. The summed E-state index contributed by atoms with van der Waals surface area (Å²) in [7, 11) is 0. The number of thioether (sulfide) groups is 1. The third kappa shape index (κ3) is 5.18. The minimum absolute atomic E-state index is 0.0299. The Bertz CT molecular complexity index is 1180. The lowest BCUT2D eigenvalue weighted by molar-refractivity contribution is -0.113. The van der Waals surface area contributed by atoms with Crippen molar-refractivity contribution in [2.45, 2.75) is 45.8 Å². The monoisotopic (exact) mass is 473 g/mol. The van der Waals surface area contributed by atoms with E-state index in [1.165, 1.54) is 30.0 Å². The molecule has 8 nitrogen and oxygen atoms in total. The first-order chi connectivity index (χ1) is 15.2. The van der Waals surface area contributed by atoms with Crippen molar-refractivity contribution in [2.75, 3.05) is 29.1 Å². The van der Waals surface area contributed by atoms with Crippen LogP contribution in [0.2, 0.25) is 0 Å². The molecular weight excluding hydrogens is 446 g/mol. The Morgan fingerprint density at radius 3 is 2.38 bits per heavy atom. The van der Waals surface area contributed by atoms with E-state index >= 15 is 0 Å². The molecule has 32 heavy (non-hydrogen) atoms. The van der Waals surface area contributed by atoms with Crippen LogP contribution in [0.4, 0.5) is 10.8 Å². The SMILES string of the molecule is CCN(CC)c1nc2nc(SCC(=O)Nc3ccc(C(C)=O)cc3)n(C(C)C)c(=O)c2s1. The van der Waals surface area contributed by atoms with Gasteiger partial charge in [0, 0.05) is 30.4 Å². The first-order valence-corrected chi connectivity index (χ1v) is 12.3. The molecule has 3 aromatic rings. The summed E-state index contributed by atoms with van der Waals surface area (Å²) in [5.41, 5.74) is 1.47. The number of fused-ring (bicyclic) bond motifs is 1. The number of nitrogens with zero attached hydrogens (tertiary/aromatic N) is 4. The third-order valence-corrected chi connectivity index (χ3v) is 6.92. The van der Waals surface area contributed by atoms with Gasteiger partial charge in [0.2, 0.25) is 5.91 Å². The van der Waals surface area contributed by atoms with Crippen molar-refractivity contribution in [2.24, 2.45) is 0 Å². The maximum Gasteiger partial charge on any atom is 0.274 e. The summed E-state index contributed by atoms with van der Waals surface area (Å²) in [6.07, 6.45) is 0. The van der Waals surface area contributed by atoms with Crippen molar-refractivity contribution in [3.05, 3.63) is 40.2 Å². The smallest absolute Gasteiger partial charge is 0.274 e. The Kier molecular flexibility index (Phi) is 7.68. The lowest BCUT2D eigenvalue weighted by Gasteiger charge is -2.15. The topological polar surface area (TPSA) is 97.2 Å². The van der Waals surface area contributed by atoms with Gasteiger partial charge in [-0.1, -0.05) is 23.1 Å². The van der Waals surface area contributed by atoms with Crippen molar-refractivity contribution in [1.29, 1.82) is 0 Å². The van der Waals surface area contributed by atoms with Gasteiger partial charge in [-0.3, -0.25) is 19.0 Å². The fraction of sp³-hybridized carbons (Fsp3) is 0.409. The molecule has 0 aliphatic heterocycles. The molecule has 0 saturated carbocycles. The lowest BCUT2D eigenvalue weighted by Crippen LogP contribution is -2.25. The first-order valence-electron chi connectivity index (χ1n) is 10.5. The number of aromatic nitrogens is 3. The highest BCUT2D eigenvalue weighted by Gasteiger charge is 2.20. The Hall–Kier alpha value is -2.72. The molecular formula is C22H27N5O3S2. The van der Waals surface area contributed by atoms with E-state index in [0.717, 1.165) is 18.2 Å². The zero-order chi connectivity index (χ0) is 23.4. The highest BCUT2D eigenvalue weighted by Crippen LogP contribution is 2.28. The Morgan fingerprint density at radius 1 is 1.16 bits per heavy atom. The highest BCUT2D eigenvalue weighted by atomic mass is 32.2. The van der Waals surface area contributed by atoms with E-state index in [-0.39, 0.29) is 29.0 Å². The number of amides is 1. The van der Waals surface area contributed by atoms with E-state index < -0.39 is 0 Å². The van der Waals surface area contributed by atoms with Crippen LogP contribution in [-0.4, -0.2) is 45.1 Å². The van der Waals surface area contributed by atoms with Gasteiger partial charge in [-0.15, -0.1) is 0 Å². The second kappa shape index (κ2) is 10.3. The van der Waals surface area contributed by atoms with Crippen molar-refractivity contribution in [1.82, 2.24) is 14.5 Å². The van der Waals surface area contributed by atoms with Crippen LogP contribution in [0.5, 0.6) is 0 Å². The predicted octanol–water partition coefficient (Wildman–Crippen LogP) is 4.21. The summed E-state index contributed by atoms with van der Waals surface area (Å²) >= 11 is 2.56. The van der Waals surface area contributed by atoms with Gasteiger partial charge in [0.15, 0.2) is 21.7 Å². The fourth-order valence-electron chi connectivity index (χ4n) is 3.16. The molecule has 0 radical (unpaired) electrons. The molecule has 170 valence electrons. The highest BCUT2D eigenvalue weighted by molar-refractivity contribution is 7.99. The molecule has 0 unspecified atom stereocenters. The molecule has 0 bridgehead atoms. The molecule has 1 amide bonds. The molecule has 1 aromatic carbocycles. The standard InChI is InChI=1S/C22H27N5O3S2/c1-6-26(7-2)21-24-19-18(32-21)20(30)27(13(3)4)22(25-19)31-12-17(29)23-16-10-8-15(9-11-16)14(5)28/h8-11,13H,6-7,12H2,1-5H3,(H,23,29). The zero-order valence-electron chi connectivity index (χ0n) is 18.8. The summed E-state index contributed by atoms with van der Waals surface area (Å²) in [5, 5.41) is 4.05. The first kappa shape index (κ1) is 23.9. The average Bonchev–Trinajstić information content (AvgIpc) is 3.17. The second-order valence-electron chi connectivity index (χ2n) is 7.46. The number of hydrogen-bond donors (Lipinski definition) is 1. The van der Waals surface area contributed by atoms with E-state index in [1.807, 2.05) is 27.7 Å². The number of thiazole rings is 1. The third-order valence-electron chi connectivity index (χ3n) is 4.88. The molecule has 3 rings (SSSR count). The number of anilines is 2. The van der Waals surface area contributed by atoms with Gasteiger partial charge in [-0.25, -0.2) is 4.98 Å². The number of carbonyl (C=O) groups excluding carboxylic acids is 2. The average molecular weight is 474 g/mol. The maximum absolute atomic E-state index is 13.2. The molecule has 0 spiro atoms. The van der Waals surface area contributed by atoms with E-state index in [9.17, 15) is 14.4 Å². The molecule has 1 N–H and O–H groups in total. The van der Waals surface area contributed by atoms with E-state index in [0.29, 0.717) is 26.8 Å². The minimum atomic E-state index is -0.225. The molecule has 0 aliphatic rings. The molecule has 0 fully saturated rings. The number of rotatable bonds is 9. The second-order valence-corrected chi connectivity index (χ2v) is 9.38. The summed E-state index contributed by atoms with van der Waals surface area (Å²) in [4.78, 5) is 48.3. The maximum atomic E-state index is 13.2. The Balaban J connectivity index is 1.82. The number of benzene rings is 1. The van der Waals surface area contributed by atoms with Gasteiger partial charge >= 0.3 is 0 Å². The Morgan fingerprint density at radius 2 is 1.81 bits per heavy atom. The molecule has 0 aliphatic carbocycles. The quantitative estimate of drug-likeness (QED) is 0.282. The van der Waals surface area contributed by atoms with Crippen molar-refractivity contribution < 1.29 is 9.59 Å². The molecule has 10 heteroatoms. The Labute approximate surface area is 195 Å². The van der Waals surface area contributed by atoms with E-state index in [4.69, 9.17) is 0 Å². The number of hydrogen-bond acceptors (Lipinski definition) is 8. The zero-order valence-corrected chi connectivity index (χ0v) is 20.5. The molecule has 0 saturated heterocycles. The van der Waals surface area contributed by atoms with Gasteiger partial charge in [-0.05, 0) is 58.9 Å². The van der Waals surface area contributed by atoms with Crippen LogP contribution in [0.3, 0.4) is 0 Å². The summed E-state index contributed by atoms with van der Waals surface area (Å²) in [6.45, 7) is 11.0. The van der Waals surface area contributed by atoms with Gasteiger partial charge in [-0.2, -0.15) is 4.98 Å². The van der Waals surface area contributed by atoms with Crippen molar-refractivity contribution in [3.63, 3.8) is 0 Å². The van der Waals surface area contributed by atoms with E-state index in [2.05, 4.69) is 20.2 Å². The predicted molar refractivity (Wildman–Crippen MR) is 131 cm³/mol. The number of Topliss-reactive ketones (excluding diaryl/α,β-unsaturated/α-hetero) is 1. The van der Waals surface area contributed by atoms with Gasteiger partial charge < -0.3 is 10.2 Å². The van der Waals surface area contributed by atoms with Crippen molar-refractivity contribution >= 4 is 56.0 Å². The normalized spacial score (nSPS) is 11.2. The van der Waals surface area contributed by atoms with Crippen molar-refractivity contribution in [3.8, 4) is 0 Å². The lowest BCUT2D eigenvalue weighted by atomic mass is 10.1. The largest absolute Gasteiger partial charge is 0.349 e. The van der Waals surface area contributed by atoms with Gasteiger partial charge in [0.25, 0.3) is 5.56 Å². The molecule has 2 aromatic heterocycles. The molecule has 2 heterocycles. The van der Waals surface area contributed by atoms with Crippen LogP contribution < -0.4 is 15.8 Å². The minimum Gasteiger partial charge on any atom is -0.349 e. The number of ketones is 1. The molecule has 0 atom stereocenters. The number of carbonyl (C=O) groups is 2. The number of nitrogens with one attached hydrogen (secondary N) is 1. The van der Waals surface area contributed by atoms with Crippen LogP contribution in [0.15, 0.2) is 34.2 Å². The van der Waals surface area contributed by atoms with Crippen LogP contribution >= 0.6 is 23.1 Å². The summed E-state index contributed by atoms with van der Waals surface area (Å²) in [6, 6.07) is 6.62.